The van der Waals surface area contributed by atoms with Gasteiger partial charge in [0.2, 0.25) is 0 Å². The summed E-state index contributed by atoms with van der Waals surface area (Å²) in [6.07, 6.45) is 30.0. The number of carbonyl (C=O) groups is 1. The molecule has 0 aliphatic heterocycles. The molecule has 47 heavy (non-hydrogen) atoms. The summed E-state index contributed by atoms with van der Waals surface area (Å²) in [6, 6.07) is 0. The first-order valence-corrected chi connectivity index (χ1v) is 21.1. The summed E-state index contributed by atoms with van der Waals surface area (Å²) < 4.78 is 6.41. The molecule has 2 nitrogen and oxygen atoms in total. The van der Waals surface area contributed by atoms with Crippen LogP contribution in [0.2, 0.25) is 0 Å². The fraction of sp³-hybridized carbons (Fsp3) is 0.933. The third-order valence-electron chi connectivity index (χ3n) is 16.9. The second-order valence-corrected chi connectivity index (χ2v) is 19.8. The Hall–Kier alpha value is -0.790. The molecule has 10 unspecified atom stereocenters. The average molecular weight is 651 g/mol. The number of rotatable bonds is 15. The van der Waals surface area contributed by atoms with E-state index in [9.17, 15) is 4.79 Å². The molecule has 0 aromatic heterocycles. The second kappa shape index (κ2) is 14.8. The van der Waals surface area contributed by atoms with Gasteiger partial charge < -0.3 is 4.74 Å². The molecule has 0 N–H and O–H groups in total. The van der Waals surface area contributed by atoms with Crippen LogP contribution in [0, 0.1) is 56.7 Å². The highest BCUT2D eigenvalue weighted by molar-refractivity contribution is 5.69. The Morgan fingerprint density at radius 2 is 1.28 bits per heavy atom. The summed E-state index contributed by atoms with van der Waals surface area (Å²) in [4.78, 5) is 13.2. The lowest BCUT2D eigenvalue weighted by atomic mass is 9.32. The minimum absolute atomic E-state index is 0.0416. The van der Waals surface area contributed by atoms with Gasteiger partial charge >= 0.3 is 5.97 Å². The van der Waals surface area contributed by atoms with Crippen molar-refractivity contribution in [2.24, 2.45) is 56.7 Å². The molecular weight excluding hydrogens is 572 g/mol. The Bertz CT molecular complexity index is 1070. The molecule has 0 radical (unpaired) electrons. The normalized spacial score (nSPS) is 42.1. The summed E-state index contributed by atoms with van der Waals surface area (Å²) in [6.45, 7) is 24.9. The standard InChI is InChI=1S/C45H78O2/c1-10-11-12-13-14-15-16-17-18-19-20-21-22-39(46)47-38-27-29-43(7)36(41(38,4)5)26-30-45(9)37(43)24-23-35-40-34(33(2)3)25-28-42(40,6)31-32-44(35,45)8/h34-38,40H,2,10-32H2,1,3-9H3. The van der Waals surface area contributed by atoms with Crippen LogP contribution in [0.15, 0.2) is 12.2 Å². The zero-order valence-corrected chi connectivity index (χ0v) is 32.8. The van der Waals surface area contributed by atoms with E-state index in [4.69, 9.17) is 4.74 Å². The van der Waals surface area contributed by atoms with Gasteiger partial charge in [-0.05, 0) is 129 Å². The Labute approximate surface area is 292 Å². The molecule has 0 aromatic rings. The SMILES string of the molecule is C=C(C)C1CCC2(C)CCC3(C)C(CCC4C5(C)CCC(OC(=O)CCCCCCCCCCCCCC)C(C)(C)C5CCC43C)C12. The van der Waals surface area contributed by atoms with E-state index < -0.39 is 0 Å². The molecule has 0 aromatic carbocycles. The van der Waals surface area contributed by atoms with Gasteiger partial charge in [0.15, 0.2) is 0 Å². The van der Waals surface area contributed by atoms with Gasteiger partial charge in [0, 0.05) is 11.8 Å². The molecule has 5 aliphatic rings. The number of allylic oxidation sites excluding steroid dienone is 1. The van der Waals surface area contributed by atoms with Crippen LogP contribution in [0.25, 0.3) is 0 Å². The van der Waals surface area contributed by atoms with Crippen molar-refractivity contribution in [2.75, 3.05) is 0 Å². The van der Waals surface area contributed by atoms with Crippen molar-refractivity contribution < 1.29 is 9.53 Å². The van der Waals surface area contributed by atoms with Crippen LogP contribution in [0.4, 0.5) is 0 Å². The van der Waals surface area contributed by atoms with Gasteiger partial charge in [-0.1, -0.05) is 131 Å². The Morgan fingerprint density at radius 3 is 1.89 bits per heavy atom. The maximum atomic E-state index is 13.2. The first kappa shape index (κ1) is 37.5. The predicted octanol–water partition coefficient (Wildman–Crippen LogP) is 13.7. The zero-order valence-electron chi connectivity index (χ0n) is 32.8. The van der Waals surface area contributed by atoms with Gasteiger partial charge in [-0.2, -0.15) is 0 Å². The monoisotopic (exact) mass is 651 g/mol. The fourth-order valence-corrected chi connectivity index (χ4v) is 14.0. The van der Waals surface area contributed by atoms with Crippen LogP contribution in [-0.2, 0) is 9.53 Å². The minimum atomic E-state index is 0.0416. The summed E-state index contributed by atoms with van der Waals surface area (Å²) in [5.41, 5.74) is 3.19. The molecule has 5 rings (SSSR count). The quantitative estimate of drug-likeness (QED) is 0.100. The molecule has 270 valence electrons. The Balaban J connectivity index is 1.13. The van der Waals surface area contributed by atoms with E-state index in [1.807, 2.05) is 0 Å². The van der Waals surface area contributed by atoms with Gasteiger partial charge in [-0.25, -0.2) is 0 Å². The van der Waals surface area contributed by atoms with E-state index in [2.05, 4.69) is 62.0 Å². The molecule has 0 spiro atoms. The number of carbonyl (C=O) groups excluding carboxylic acids is 1. The highest BCUT2D eigenvalue weighted by Gasteiger charge is 2.70. The molecule has 0 bridgehead atoms. The van der Waals surface area contributed by atoms with Crippen molar-refractivity contribution in [3.05, 3.63) is 12.2 Å². The highest BCUT2D eigenvalue weighted by Crippen LogP contribution is 2.77. The second-order valence-electron chi connectivity index (χ2n) is 19.8. The van der Waals surface area contributed by atoms with Gasteiger partial charge in [0.25, 0.3) is 0 Å². The predicted molar refractivity (Wildman–Crippen MR) is 200 cm³/mol. The maximum Gasteiger partial charge on any atom is 0.306 e. The third-order valence-corrected chi connectivity index (χ3v) is 16.9. The van der Waals surface area contributed by atoms with Crippen molar-refractivity contribution >= 4 is 5.97 Å². The van der Waals surface area contributed by atoms with Crippen LogP contribution < -0.4 is 0 Å². The number of hydrogen-bond donors (Lipinski definition) is 0. The third kappa shape index (κ3) is 6.95. The lowest BCUT2D eigenvalue weighted by Crippen LogP contribution is -2.66. The summed E-state index contributed by atoms with van der Waals surface area (Å²) in [5.74, 6) is 3.89. The van der Waals surface area contributed by atoms with Crippen molar-refractivity contribution in [1.29, 1.82) is 0 Å². The van der Waals surface area contributed by atoms with Crippen LogP contribution in [0.3, 0.4) is 0 Å². The topological polar surface area (TPSA) is 26.3 Å². The largest absolute Gasteiger partial charge is 0.462 e. The molecule has 5 fully saturated rings. The van der Waals surface area contributed by atoms with E-state index in [-0.39, 0.29) is 17.5 Å². The molecule has 2 heteroatoms. The van der Waals surface area contributed by atoms with Gasteiger partial charge in [0.05, 0.1) is 0 Å². The number of hydrogen-bond acceptors (Lipinski definition) is 2. The van der Waals surface area contributed by atoms with E-state index >= 15 is 0 Å². The zero-order chi connectivity index (χ0) is 34.1. The summed E-state index contributed by atoms with van der Waals surface area (Å²) in [7, 11) is 0. The van der Waals surface area contributed by atoms with Crippen LogP contribution >= 0.6 is 0 Å². The number of esters is 1. The van der Waals surface area contributed by atoms with E-state index in [0.717, 1.165) is 36.5 Å². The number of fused-ring (bicyclic) bond motifs is 7. The van der Waals surface area contributed by atoms with Crippen molar-refractivity contribution in [2.45, 2.75) is 209 Å². The summed E-state index contributed by atoms with van der Waals surface area (Å²) >= 11 is 0. The molecule has 0 heterocycles. The Kier molecular flexibility index (Phi) is 11.8. The molecule has 5 aliphatic carbocycles. The molecular formula is C45H78O2. The molecule has 5 saturated carbocycles. The lowest BCUT2D eigenvalue weighted by Gasteiger charge is -2.73. The first-order chi connectivity index (χ1) is 22.2. The smallest absolute Gasteiger partial charge is 0.306 e. The fourth-order valence-electron chi connectivity index (χ4n) is 14.0. The average Bonchev–Trinajstić information content (AvgIpc) is 3.37. The number of unbranched alkanes of at least 4 members (excludes halogenated alkanes) is 11. The van der Waals surface area contributed by atoms with E-state index in [1.165, 1.54) is 134 Å². The molecule has 0 saturated heterocycles. The van der Waals surface area contributed by atoms with Crippen molar-refractivity contribution in [3.63, 3.8) is 0 Å². The lowest BCUT2D eigenvalue weighted by molar-refractivity contribution is -0.249. The molecule has 0 amide bonds. The van der Waals surface area contributed by atoms with Crippen LogP contribution in [0.5, 0.6) is 0 Å². The van der Waals surface area contributed by atoms with Crippen molar-refractivity contribution in [3.8, 4) is 0 Å². The van der Waals surface area contributed by atoms with Crippen LogP contribution in [0.1, 0.15) is 203 Å². The maximum absolute atomic E-state index is 13.2. The number of ether oxygens (including phenoxy) is 1. The van der Waals surface area contributed by atoms with E-state index in [1.54, 1.807) is 0 Å². The molecule has 10 atom stereocenters. The highest BCUT2D eigenvalue weighted by atomic mass is 16.5. The van der Waals surface area contributed by atoms with Crippen LogP contribution in [-0.4, -0.2) is 12.1 Å². The van der Waals surface area contributed by atoms with Gasteiger partial charge in [-0.3, -0.25) is 4.79 Å². The minimum Gasteiger partial charge on any atom is -0.462 e. The van der Waals surface area contributed by atoms with Gasteiger partial charge in [-0.15, -0.1) is 0 Å². The summed E-state index contributed by atoms with van der Waals surface area (Å²) in [5, 5.41) is 0. The van der Waals surface area contributed by atoms with Gasteiger partial charge in [0.1, 0.15) is 6.10 Å². The first-order valence-electron chi connectivity index (χ1n) is 21.1. The van der Waals surface area contributed by atoms with Crippen molar-refractivity contribution in [1.82, 2.24) is 0 Å². The Morgan fingerprint density at radius 1 is 0.660 bits per heavy atom. The van der Waals surface area contributed by atoms with E-state index in [0.29, 0.717) is 34.0 Å².